The van der Waals surface area contributed by atoms with Crippen molar-refractivity contribution < 1.29 is 18.0 Å². The molecule has 2 aliphatic heterocycles. The summed E-state index contributed by atoms with van der Waals surface area (Å²) in [7, 11) is -3.61. The van der Waals surface area contributed by atoms with E-state index in [0.29, 0.717) is 34.8 Å². The number of amides is 2. The fraction of sp³-hybridized carbons (Fsp3) is 0.364. The molecule has 31 heavy (non-hydrogen) atoms. The Morgan fingerprint density at radius 2 is 1.77 bits per heavy atom. The van der Waals surface area contributed by atoms with Gasteiger partial charge in [-0.2, -0.15) is 4.31 Å². The molecule has 0 radical (unpaired) electrons. The number of piperazine rings is 1. The fourth-order valence-electron chi connectivity index (χ4n) is 3.78. The molecule has 4 rings (SSSR count). The molecule has 0 aliphatic carbocycles. The maximum atomic E-state index is 13.1. The highest BCUT2D eigenvalue weighted by molar-refractivity contribution is 8.01. The van der Waals surface area contributed by atoms with Crippen LogP contribution < -0.4 is 5.32 Å². The van der Waals surface area contributed by atoms with Gasteiger partial charge in [-0.25, -0.2) is 8.42 Å². The summed E-state index contributed by atoms with van der Waals surface area (Å²) in [6.07, 6.45) is 0. The Balaban J connectivity index is 1.47. The fourth-order valence-corrected chi connectivity index (χ4v) is 6.44. The largest absolute Gasteiger partial charge is 0.336 e. The standard InChI is InChI=1S/C22H25N3O4S2/c1-14-4-5-15(2)20(12-14)31(28,29)25-10-8-24(9-11-25)22(27)17-6-7-19-18(13-17)23-21(26)16(3)30-19/h4-7,12-13,16H,8-11H2,1-3H3,(H,23,26)/t16-/m1/s1. The first kappa shape index (κ1) is 21.9. The van der Waals surface area contributed by atoms with E-state index in [1.165, 1.54) is 16.1 Å². The Morgan fingerprint density at radius 3 is 2.48 bits per heavy atom. The first-order valence-electron chi connectivity index (χ1n) is 10.1. The molecule has 2 aromatic carbocycles. The molecule has 0 spiro atoms. The summed E-state index contributed by atoms with van der Waals surface area (Å²) >= 11 is 1.47. The van der Waals surface area contributed by atoms with Crippen LogP contribution in [0.4, 0.5) is 5.69 Å². The summed E-state index contributed by atoms with van der Waals surface area (Å²) in [4.78, 5) is 27.9. The lowest BCUT2D eigenvalue weighted by Crippen LogP contribution is -2.50. The Kier molecular flexibility index (Phi) is 5.85. The summed E-state index contributed by atoms with van der Waals surface area (Å²) in [5.41, 5.74) is 2.74. The van der Waals surface area contributed by atoms with Crippen molar-refractivity contribution >= 4 is 39.3 Å². The lowest BCUT2D eigenvalue weighted by Gasteiger charge is -2.34. The number of nitrogens with one attached hydrogen (secondary N) is 1. The number of aryl methyl sites for hydroxylation is 2. The summed E-state index contributed by atoms with van der Waals surface area (Å²) < 4.78 is 27.7. The summed E-state index contributed by atoms with van der Waals surface area (Å²) in [5, 5.41) is 2.68. The van der Waals surface area contributed by atoms with Crippen LogP contribution in [0.2, 0.25) is 0 Å². The second-order valence-electron chi connectivity index (χ2n) is 7.93. The van der Waals surface area contributed by atoms with Crippen LogP contribution >= 0.6 is 11.8 Å². The highest BCUT2D eigenvalue weighted by Crippen LogP contribution is 2.36. The van der Waals surface area contributed by atoms with Crippen molar-refractivity contribution in [1.82, 2.24) is 9.21 Å². The average molecular weight is 460 g/mol. The van der Waals surface area contributed by atoms with Gasteiger partial charge in [0.25, 0.3) is 5.91 Å². The molecular weight excluding hydrogens is 434 g/mol. The highest BCUT2D eigenvalue weighted by Gasteiger charge is 2.32. The third-order valence-electron chi connectivity index (χ3n) is 5.64. The lowest BCUT2D eigenvalue weighted by molar-refractivity contribution is -0.115. The summed E-state index contributed by atoms with van der Waals surface area (Å²) in [5.74, 6) is -0.239. The van der Waals surface area contributed by atoms with E-state index in [4.69, 9.17) is 0 Å². The summed E-state index contributed by atoms with van der Waals surface area (Å²) in [6.45, 7) is 6.63. The number of fused-ring (bicyclic) bond motifs is 1. The number of carbonyl (C=O) groups is 2. The van der Waals surface area contributed by atoms with Crippen LogP contribution in [0.15, 0.2) is 46.2 Å². The maximum Gasteiger partial charge on any atom is 0.254 e. The van der Waals surface area contributed by atoms with E-state index in [-0.39, 0.29) is 30.2 Å². The number of hydrogen-bond acceptors (Lipinski definition) is 5. The van der Waals surface area contributed by atoms with E-state index in [1.54, 1.807) is 30.0 Å². The second-order valence-corrected chi connectivity index (χ2v) is 11.2. The minimum absolute atomic E-state index is 0.0765. The highest BCUT2D eigenvalue weighted by atomic mass is 32.2. The van der Waals surface area contributed by atoms with Gasteiger partial charge in [-0.15, -0.1) is 11.8 Å². The van der Waals surface area contributed by atoms with E-state index >= 15 is 0 Å². The number of thioether (sulfide) groups is 1. The molecular formula is C22H25N3O4S2. The zero-order chi connectivity index (χ0) is 22.3. The molecule has 0 saturated carbocycles. The third-order valence-corrected chi connectivity index (χ3v) is 8.86. The zero-order valence-electron chi connectivity index (χ0n) is 17.7. The molecule has 164 valence electrons. The first-order valence-corrected chi connectivity index (χ1v) is 12.5. The van der Waals surface area contributed by atoms with Gasteiger partial charge in [0.15, 0.2) is 0 Å². The third kappa shape index (κ3) is 4.22. The predicted molar refractivity (Wildman–Crippen MR) is 121 cm³/mol. The van der Waals surface area contributed by atoms with Crippen molar-refractivity contribution in [3.63, 3.8) is 0 Å². The number of carbonyl (C=O) groups excluding carboxylic acids is 2. The van der Waals surface area contributed by atoms with Crippen LogP contribution in [0.5, 0.6) is 0 Å². The molecule has 0 unspecified atom stereocenters. The molecule has 2 aromatic rings. The molecule has 1 atom stereocenters. The van der Waals surface area contributed by atoms with Gasteiger partial charge in [0.1, 0.15) is 0 Å². The van der Waals surface area contributed by atoms with Crippen LogP contribution in [-0.4, -0.2) is 60.9 Å². The van der Waals surface area contributed by atoms with Gasteiger partial charge in [-0.3, -0.25) is 9.59 Å². The number of sulfonamides is 1. The van der Waals surface area contributed by atoms with Gasteiger partial charge in [0.05, 0.1) is 15.8 Å². The molecule has 1 saturated heterocycles. The number of nitrogens with zero attached hydrogens (tertiary/aromatic N) is 2. The van der Waals surface area contributed by atoms with E-state index in [9.17, 15) is 18.0 Å². The second kappa shape index (κ2) is 8.29. The Labute approximate surface area is 186 Å². The van der Waals surface area contributed by atoms with Crippen molar-refractivity contribution in [1.29, 1.82) is 0 Å². The van der Waals surface area contributed by atoms with E-state index < -0.39 is 10.0 Å². The van der Waals surface area contributed by atoms with Gasteiger partial charge in [-0.05, 0) is 56.2 Å². The lowest BCUT2D eigenvalue weighted by atomic mass is 10.1. The topological polar surface area (TPSA) is 86.8 Å². The molecule has 0 bridgehead atoms. The minimum Gasteiger partial charge on any atom is -0.336 e. The van der Waals surface area contributed by atoms with E-state index in [1.807, 2.05) is 32.0 Å². The monoisotopic (exact) mass is 459 g/mol. The van der Waals surface area contributed by atoms with Crippen LogP contribution in [0.25, 0.3) is 0 Å². The van der Waals surface area contributed by atoms with Gasteiger partial charge in [-0.1, -0.05) is 12.1 Å². The Bertz CT molecular complexity index is 1160. The molecule has 2 aliphatic rings. The SMILES string of the molecule is Cc1ccc(C)c(S(=O)(=O)N2CCN(C(=O)c3ccc4c(c3)NC(=O)[C@@H](C)S4)CC2)c1. The van der Waals surface area contributed by atoms with Crippen molar-refractivity contribution in [3.8, 4) is 0 Å². The first-order chi connectivity index (χ1) is 14.7. The quantitative estimate of drug-likeness (QED) is 0.763. The van der Waals surface area contributed by atoms with Crippen molar-refractivity contribution in [3.05, 3.63) is 53.1 Å². The number of anilines is 1. The smallest absolute Gasteiger partial charge is 0.254 e. The van der Waals surface area contributed by atoms with Gasteiger partial charge >= 0.3 is 0 Å². The van der Waals surface area contributed by atoms with Crippen LogP contribution in [0, 0.1) is 13.8 Å². The number of rotatable bonds is 3. The molecule has 1 fully saturated rings. The zero-order valence-corrected chi connectivity index (χ0v) is 19.3. The number of hydrogen-bond donors (Lipinski definition) is 1. The van der Waals surface area contributed by atoms with Crippen LogP contribution in [0.3, 0.4) is 0 Å². The Hall–Kier alpha value is -2.36. The van der Waals surface area contributed by atoms with E-state index in [0.717, 1.165) is 10.5 Å². The maximum absolute atomic E-state index is 13.1. The molecule has 9 heteroatoms. The van der Waals surface area contributed by atoms with E-state index in [2.05, 4.69) is 5.32 Å². The van der Waals surface area contributed by atoms with Crippen LogP contribution in [0.1, 0.15) is 28.4 Å². The predicted octanol–water partition coefficient (Wildman–Crippen LogP) is 2.88. The van der Waals surface area contributed by atoms with Crippen molar-refractivity contribution in [2.24, 2.45) is 0 Å². The van der Waals surface area contributed by atoms with Gasteiger partial charge in [0, 0.05) is 36.6 Å². The average Bonchev–Trinajstić information content (AvgIpc) is 2.75. The molecule has 2 amide bonds. The van der Waals surface area contributed by atoms with Gasteiger partial charge < -0.3 is 10.2 Å². The van der Waals surface area contributed by atoms with Gasteiger partial charge in [0.2, 0.25) is 15.9 Å². The molecule has 0 aromatic heterocycles. The molecule has 7 nitrogen and oxygen atoms in total. The van der Waals surface area contributed by atoms with Crippen molar-refractivity contribution in [2.75, 3.05) is 31.5 Å². The molecule has 1 N–H and O–H groups in total. The number of benzene rings is 2. The van der Waals surface area contributed by atoms with Crippen LogP contribution in [-0.2, 0) is 14.8 Å². The normalized spacial score (nSPS) is 19.6. The summed E-state index contributed by atoms with van der Waals surface area (Å²) in [6, 6.07) is 10.7. The Morgan fingerprint density at radius 1 is 1.06 bits per heavy atom. The minimum atomic E-state index is -3.61. The van der Waals surface area contributed by atoms with Crippen molar-refractivity contribution in [2.45, 2.75) is 35.8 Å². The molecule has 2 heterocycles.